The zero-order valence-corrected chi connectivity index (χ0v) is 13.1. The highest BCUT2D eigenvalue weighted by atomic mass is 16.5. The Labute approximate surface area is 134 Å². The van der Waals surface area contributed by atoms with Crippen molar-refractivity contribution in [1.29, 1.82) is 0 Å². The molecule has 7 nitrogen and oxygen atoms in total. The van der Waals surface area contributed by atoms with Crippen molar-refractivity contribution in [2.45, 2.75) is 0 Å². The molecule has 0 bridgehead atoms. The summed E-state index contributed by atoms with van der Waals surface area (Å²) in [6.45, 7) is 4.28. The zero-order chi connectivity index (χ0) is 16.2. The number of hydrogen-bond acceptors (Lipinski definition) is 6. The Kier molecular flexibility index (Phi) is 4.09. The molecule has 7 heteroatoms. The molecular formula is C16H18N6O. The minimum atomic E-state index is 0.520. The lowest BCUT2D eigenvalue weighted by Gasteiger charge is -2.10. The molecule has 2 heterocycles. The van der Waals surface area contributed by atoms with Gasteiger partial charge in [0.2, 0.25) is 5.95 Å². The molecule has 0 aliphatic carbocycles. The minimum absolute atomic E-state index is 0.520. The highest BCUT2D eigenvalue weighted by Gasteiger charge is 2.11. The standard InChI is InChI=1S/C16H18N6O/c1-4-8-17-16-20-14(13-10-18-22(2)15(13)21-16)19-11-6-5-7-12(9-11)23-3/h4-7,9-10H,1,8H2,2-3H3,(H2,17,19,20,21). The number of anilines is 3. The molecule has 0 amide bonds. The van der Waals surface area contributed by atoms with E-state index < -0.39 is 0 Å². The summed E-state index contributed by atoms with van der Waals surface area (Å²) in [5.74, 6) is 1.98. The number of aryl methyl sites for hydroxylation is 1. The van der Waals surface area contributed by atoms with Crippen LogP contribution in [0, 0.1) is 0 Å². The topological polar surface area (TPSA) is 76.9 Å². The first-order valence-corrected chi connectivity index (χ1v) is 7.17. The summed E-state index contributed by atoms with van der Waals surface area (Å²) in [5, 5.41) is 11.5. The molecule has 0 unspecified atom stereocenters. The van der Waals surface area contributed by atoms with Gasteiger partial charge in [0.15, 0.2) is 5.65 Å². The van der Waals surface area contributed by atoms with Gasteiger partial charge in [-0.05, 0) is 12.1 Å². The molecule has 0 radical (unpaired) electrons. The Morgan fingerprint density at radius 3 is 3.00 bits per heavy atom. The van der Waals surface area contributed by atoms with Gasteiger partial charge in [0.1, 0.15) is 11.6 Å². The van der Waals surface area contributed by atoms with Gasteiger partial charge in [-0.25, -0.2) is 0 Å². The monoisotopic (exact) mass is 310 g/mol. The van der Waals surface area contributed by atoms with Gasteiger partial charge >= 0.3 is 0 Å². The van der Waals surface area contributed by atoms with Gasteiger partial charge in [0, 0.05) is 25.3 Å². The second-order valence-electron chi connectivity index (χ2n) is 4.93. The quantitative estimate of drug-likeness (QED) is 0.682. The maximum absolute atomic E-state index is 5.25. The summed E-state index contributed by atoms with van der Waals surface area (Å²) in [7, 11) is 3.49. The lowest BCUT2D eigenvalue weighted by atomic mass is 10.3. The molecule has 0 saturated heterocycles. The number of aromatic nitrogens is 4. The summed E-state index contributed by atoms with van der Waals surface area (Å²) >= 11 is 0. The molecule has 0 atom stereocenters. The van der Waals surface area contributed by atoms with Gasteiger partial charge in [-0.2, -0.15) is 15.1 Å². The van der Waals surface area contributed by atoms with E-state index in [4.69, 9.17) is 4.74 Å². The van der Waals surface area contributed by atoms with E-state index in [2.05, 4.69) is 32.3 Å². The number of nitrogens with one attached hydrogen (secondary N) is 2. The number of hydrogen-bond donors (Lipinski definition) is 2. The van der Waals surface area contributed by atoms with Gasteiger partial charge in [0.05, 0.1) is 18.7 Å². The lowest BCUT2D eigenvalue weighted by Crippen LogP contribution is -2.06. The average molecular weight is 310 g/mol. The van der Waals surface area contributed by atoms with Crippen LogP contribution >= 0.6 is 0 Å². The van der Waals surface area contributed by atoms with E-state index in [9.17, 15) is 0 Å². The first-order chi connectivity index (χ1) is 11.2. The molecule has 1 aromatic carbocycles. The third-order valence-corrected chi connectivity index (χ3v) is 3.33. The lowest BCUT2D eigenvalue weighted by molar-refractivity contribution is 0.415. The summed E-state index contributed by atoms with van der Waals surface area (Å²) in [4.78, 5) is 9.00. The molecule has 0 aliphatic heterocycles. The molecule has 0 aliphatic rings. The molecule has 2 aromatic heterocycles. The van der Waals surface area contributed by atoms with Crippen molar-refractivity contribution in [2.24, 2.45) is 7.05 Å². The van der Waals surface area contributed by atoms with Crippen LogP contribution < -0.4 is 15.4 Å². The fraction of sp³-hybridized carbons (Fsp3) is 0.188. The molecule has 0 fully saturated rings. The van der Waals surface area contributed by atoms with E-state index in [0.29, 0.717) is 18.3 Å². The van der Waals surface area contributed by atoms with Crippen molar-refractivity contribution >= 4 is 28.5 Å². The third-order valence-electron chi connectivity index (χ3n) is 3.33. The molecule has 3 rings (SSSR count). The van der Waals surface area contributed by atoms with Crippen LogP contribution in [0.2, 0.25) is 0 Å². The Balaban J connectivity index is 2.02. The van der Waals surface area contributed by atoms with Gasteiger partial charge in [-0.1, -0.05) is 12.1 Å². The Bertz CT molecular complexity index is 842. The van der Waals surface area contributed by atoms with E-state index >= 15 is 0 Å². The second-order valence-corrected chi connectivity index (χ2v) is 4.93. The van der Waals surface area contributed by atoms with Gasteiger partial charge < -0.3 is 15.4 Å². The fourth-order valence-electron chi connectivity index (χ4n) is 2.20. The highest BCUT2D eigenvalue weighted by Crippen LogP contribution is 2.26. The molecule has 118 valence electrons. The maximum atomic E-state index is 5.25. The van der Waals surface area contributed by atoms with Crippen LogP contribution in [0.3, 0.4) is 0 Å². The summed E-state index contributed by atoms with van der Waals surface area (Å²) in [6, 6.07) is 7.66. The number of fused-ring (bicyclic) bond motifs is 1. The van der Waals surface area contributed by atoms with E-state index in [0.717, 1.165) is 22.5 Å². The predicted octanol–water partition coefficient (Wildman–Crippen LogP) is 2.71. The molecule has 3 aromatic rings. The Morgan fingerprint density at radius 2 is 2.22 bits per heavy atom. The molecule has 2 N–H and O–H groups in total. The van der Waals surface area contributed by atoms with Gasteiger partial charge in [0.25, 0.3) is 0 Å². The van der Waals surface area contributed by atoms with Crippen molar-refractivity contribution < 1.29 is 4.74 Å². The number of methoxy groups -OCH3 is 1. The van der Waals surface area contributed by atoms with E-state index in [-0.39, 0.29) is 0 Å². The largest absolute Gasteiger partial charge is 0.497 e. The molecule has 0 saturated carbocycles. The number of benzene rings is 1. The van der Waals surface area contributed by atoms with Crippen molar-refractivity contribution in [3.63, 3.8) is 0 Å². The van der Waals surface area contributed by atoms with Crippen LogP contribution in [0.1, 0.15) is 0 Å². The van der Waals surface area contributed by atoms with Crippen molar-refractivity contribution in [1.82, 2.24) is 19.7 Å². The summed E-state index contributed by atoms with van der Waals surface area (Å²) in [5.41, 5.74) is 1.62. The van der Waals surface area contributed by atoms with E-state index in [1.807, 2.05) is 31.3 Å². The van der Waals surface area contributed by atoms with Crippen molar-refractivity contribution in [3.8, 4) is 5.75 Å². The molecule has 0 spiro atoms. The number of rotatable bonds is 6. The van der Waals surface area contributed by atoms with Crippen molar-refractivity contribution in [2.75, 3.05) is 24.3 Å². The first kappa shape index (κ1) is 14.8. The number of ether oxygens (including phenoxy) is 1. The highest BCUT2D eigenvalue weighted by molar-refractivity contribution is 5.89. The van der Waals surface area contributed by atoms with Gasteiger partial charge in [-0.15, -0.1) is 6.58 Å². The van der Waals surface area contributed by atoms with Crippen molar-refractivity contribution in [3.05, 3.63) is 43.1 Å². The van der Waals surface area contributed by atoms with Crippen LogP contribution in [0.25, 0.3) is 11.0 Å². The smallest absolute Gasteiger partial charge is 0.226 e. The second kappa shape index (κ2) is 6.35. The van der Waals surface area contributed by atoms with Crippen LogP contribution in [0.5, 0.6) is 5.75 Å². The van der Waals surface area contributed by atoms with Gasteiger partial charge in [-0.3, -0.25) is 4.68 Å². The predicted molar refractivity (Wildman–Crippen MR) is 91.3 cm³/mol. The summed E-state index contributed by atoms with van der Waals surface area (Å²) in [6.07, 6.45) is 3.50. The Morgan fingerprint density at radius 1 is 1.35 bits per heavy atom. The van der Waals surface area contributed by atoms with Crippen LogP contribution in [-0.4, -0.2) is 33.4 Å². The molecular weight excluding hydrogens is 292 g/mol. The van der Waals surface area contributed by atoms with E-state index in [1.54, 1.807) is 24.1 Å². The number of nitrogens with zero attached hydrogens (tertiary/aromatic N) is 4. The fourth-order valence-corrected chi connectivity index (χ4v) is 2.20. The maximum Gasteiger partial charge on any atom is 0.226 e. The summed E-state index contributed by atoms with van der Waals surface area (Å²) < 4.78 is 6.96. The van der Waals surface area contributed by atoms with Crippen LogP contribution in [0.4, 0.5) is 17.5 Å². The SMILES string of the molecule is C=CCNc1nc(Nc2cccc(OC)c2)c2cnn(C)c2n1. The third kappa shape index (κ3) is 3.08. The molecule has 23 heavy (non-hydrogen) atoms. The Hall–Kier alpha value is -3.09. The van der Waals surface area contributed by atoms with E-state index in [1.165, 1.54) is 0 Å². The normalized spacial score (nSPS) is 10.5. The van der Waals surface area contributed by atoms with Crippen LogP contribution in [0.15, 0.2) is 43.1 Å². The zero-order valence-electron chi connectivity index (χ0n) is 13.1. The average Bonchev–Trinajstić information content (AvgIpc) is 2.95. The minimum Gasteiger partial charge on any atom is -0.497 e. The van der Waals surface area contributed by atoms with Crippen LogP contribution in [-0.2, 0) is 7.05 Å². The first-order valence-electron chi connectivity index (χ1n) is 7.17.